The lowest BCUT2D eigenvalue weighted by Crippen LogP contribution is -2.29. The van der Waals surface area contributed by atoms with E-state index in [-0.39, 0.29) is 44.3 Å². The number of rotatable bonds is 3. The topological polar surface area (TPSA) is 93.7 Å². The highest BCUT2D eigenvalue weighted by molar-refractivity contribution is 6.31. The molecule has 1 aromatic heterocycles. The van der Waals surface area contributed by atoms with Gasteiger partial charge in [0.05, 0.1) is 27.5 Å². The third-order valence-electron chi connectivity index (χ3n) is 5.70. The van der Waals surface area contributed by atoms with Crippen molar-refractivity contribution in [3.05, 3.63) is 115 Å². The van der Waals surface area contributed by atoms with E-state index in [0.29, 0.717) is 0 Å². The molecule has 1 amide bonds. The summed E-state index contributed by atoms with van der Waals surface area (Å²) in [7, 11) is 0. The molecule has 2 heterocycles. The van der Waals surface area contributed by atoms with Crippen LogP contribution >= 0.6 is 11.6 Å². The van der Waals surface area contributed by atoms with E-state index < -0.39 is 34.0 Å². The van der Waals surface area contributed by atoms with Crippen molar-refractivity contribution in [3.63, 3.8) is 0 Å². The number of nitro groups is 1. The van der Waals surface area contributed by atoms with Gasteiger partial charge in [-0.05, 0) is 54.1 Å². The van der Waals surface area contributed by atoms with Gasteiger partial charge < -0.3 is 4.42 Å². The molecule has 3 aromatic carbocycles. The number of amides is 1. The lowest BCUT2D eigenvalue weighted by atomic mass is 9.98. The number of alkyl halides is 3. The number of anilines is 1. The summed E-state index contributed by atoms with van der Waals surface area (Å²) < 4.78 is 45.9. The Morgan fingerprint density at radius 2 is 1.71 bits per heavy atom. The standard InChI is InChI=1S/C24H12ClF3N2O5/c25-14-6-9-18-17(11-14)21(31)19-20(12-4-7-15(8-5-12)30(33)34)29(23(32)22(19)35-18)16-3-1-2-13(10-16)24(26,27)28/h1-11,20H. The normalized spacial score (nSPS) is 15.5. The van der Waals surface area contributed by atoms with Crippen molar-refractivity contribution in [1.82, 2.24) is 0 Å². The molecule has 0 bridgehead atoms. The molecule has 0 saturated carbocycles. The van der Waals surface area contributed by atoms with Gasteiger partial charge in [-0.25, -0.2) is 0 Å². The number of benzene rings is 3. The molecule has 0 radical (unpaired) electrons. The van der Waals surface area contributed by atoms with Crippen LogP contribution in [-0.4, -0.2) is 10.8 Å². The third kappa shape index (κ3) is 3.71. The number of carbonyl (C=O) groups excluding carboxylic acids is 1. The van der Waals surface area contributed by atoms with Crippen LogP contribution in [0, 0.1) is 10.1 Å². The molecule has 1 aliphatic rings. The van der Waals surface area contributed by atoms with Gasteiger partial charge in [0, 0.05) is 22.8 Å². The summed E-state index contributed by atoms with van der Waals surface area (Å²) in [6.45, 7) is 0. The summed E-state index contributed by atoms with van der Waals surface area (Å²) in [5.74, 6) is -1.15. The smallest absolute Gasteiger partial charge is 0.416 e. The van der Waals surface area contributed by atoms with Crippen LogP contribution in [0.3, 0.4) is 0 Å². The summed E-state index contributed by atoms with van der Waals surface area (Å²) in [6.07, 6.45) is -4.67. The highest BCUT2D eigenvalue weighted by Crippen LogP contribution is 2.43. The predicted molar refractivity (Wildman–Crippen MR) is 121 cm³/mol. The maximum Gasteiger partial charge on any atom is 0.416 e. The Morgan fingerprint density at radius 3 is 2.37 bits per heavy atom. The molecule has 1 unspecified atom stereocenters. The number of hydrogen-bond donors (Lipinski definition) is 0. The summed E-state index contributed by atoms with van der Waals surface area (Å²) in [5.41, 5.74) is -1.68. The fourth-order valence-corrected chi connectivity index (χ4v) is 4.31. The number of nitrogens with zero attached hydrogens (tertiary/aromatic N) is 2. The van der Waals surface area contributed by atoms with Crippen molar-refractivity contribution >= 4 is 39.9 Å². The highest BCUT2D eigenvalue weighted by Gasteiger charge is 2.44. The van der Waals surface area contributed by atoms with Crippen LogP contribution in [0.25, 0.3) is 11.0 Å². The van der Waals surface area contributed by atoms with Crippen molar-refractivity contribution in [2.24, 2.45) is 0 Å². The second-order valence-corrected chi connectivity index (χ2v) is 8.23. The molecular formula is C24H12ClF3N2O5. The minimum absolute atomic E-state index is 0.0832. The number of nitro benzene ring substituents is 1. The lowest BCUT2D eigenvalue weighted by Gasteiger charge is -2.25. The van der Waals surface area contributed by atoms with Crippen LogP contribution in [-0.2, 0) is 6.18 Å². The predicted octanol–water partition coefficient (Wildman–Crippen LogP) is 6.12. The van der Waals surface area contributed by atoms with Gasteiger partial charge in [-0.3, -0.25) is 24.6 Å². The molecule has 0 aliphatic carbocycles. The van der Waals surface area contributed by atoms with Crippen LogP contribution in [0.1, 0.15) is 33.3 Å². The van der Waals surface area contributed by atoms with Crippen molar-refractivity contribution in [3.8, 4) is 0 Å². The second-order valence-electron chi connectivity index (χ2n) is 7.79. The average Bonchev–Trinajstić information content (AvgIpc) is 3.11. The van der Waals surface area contributed by atoms with Crippen molar-refractivity contribution in [1.29, 1.82) is 0 Å². The van der Waals surface area contributed by atoms with Crippen LogP contribution in [0.5, 0.6) is 0 Å². The maximum atomic E-state index is 13.5. The Hall–Kier alpha value is -4.18. The second kappa shape index (κ2) is 7.95. The minimum atomic E-state index is -4.67. The van der Waals surface area contributed by atoms with Gasteiger partial charge in [0.15, 0.2) is 5.43 Å². The summed E-state index contributed by atoms with van der Waals surface area (Å²) in [6, 6.07) is 12.2. The van der Waals surface area contributed by atoms with E-state index >= 15 is 0 Å². The fourth-order valence-electron chi connectivity index (χ4n) is 4.14. The van der Waals surface area contributed by atoms with E-state index in [4.69, 9.17) is 16.0 Å². The first-order valence-electron chi connectivity index (χ1n) is 10.1. The van der Waals surface area contributed by atoms with E-state index in [1.54, 1.807) is 0 Å². The summed E-state index contributed by atoms with van der Waals surface area (Å²) >= 11 is 6.03. The van der Waals surface area contributed by atoms with Crippen molar-refractivity contribution in [2.75, 3.05) is 4.90 Å². The summed E-state index contributed by atoms with van der Waals surface area (Å²) in [4.78, 5) is 38.4. The average molecular weight is 501 g/mol. The Bertz CT molecular complexity index is 1580. The Morgan fingerprint density at radius 1 is 1.00 bits per heavy atom. The molecule has 176 valence electrons. The molecule has 11 heteroatoms. The largest absolute Gasteiger partial charge is 0.450 e. The molecule has 1 aliphatic heterocycles. The molecular weight excluding hydrogens is 489 g/mol. The van der Waals surface area contributed by atoms with Crippen LogP contribution in [0.15, 0.2) is 75.9 Å². The van der Waals surface area contributed by atoms with Gasteiger partial charge in [-0.15, -0.1) is 0 Å². The van der Waals surface area contributed by atoms with E-state index in [1.165, 1.54) is 48.5 Å². The molecule has 7 nitrogen and oxygen atoms in total. The van der Waals surface area contributed by atoms with Crippen LogP contribution in [0.2, 0.25) is 5.02 Å². The third-order valence-corrected chi connectivity index (χ3v) is 5.94. The first-order valence-corrected chi connectivity index (χ1v) is 10.5. The molecule has 35 heavy (non-hydrogen) atoms. The fraction of sp³-hybridized carbons (Fsp3) is 0.0833. The van der Waals surface area contributed by atoms with Gasteiger partial charge in [-0.2, -0.15) is 13.2 Å². The minimum Gasteiger partial charge on any atom is -0.450 e. The SMILES string of the molecule is O=C1c2oc3ccc(Cl)cc3c(=O)c2C(c2ccc([N+](=O)[O-])cc2)N1c1cccc(C(F)(F)F)c1. The zero-order chi connectivity index (χ0) is 25.1. The molecule has 4 aromatic rings. The number of hydrogen-bond acceptors (Lipinski definition) is 5. The molecule has 0 fully saturated rings. The van der Waals surface area contributed by atoms with Gasteiger partial charge in [0.1, 0.15) is 5.58 Å². The Labute approximate surface area is 199 Å². The first-order chi connectivity index (χ1) is 16.6. The monoisotopic (exact) mass is 500 g/mol. The Balaban J connectivity index is 1.78. The van der Waals surface area contributed by atoms with Gasteiger partial charge in [-0.1, -0.05) is 17.7 Å². The zero-order valence-electron chi connectivity index (χ0n) is 17.4. The molecule has 0 spiro atoms. The number of halogens is 4. The van der Waals surface area contributed by atoms with Gasteiger partial charge in [0.25, 0.3) is 11.6 Å². The quantitative estimate of drug-likeness (QED) is 0.249. The lowest BCUT2D eigenvalue weighted by molar-refractivity contribution is -0.384. The van der Waals surface area contributed by atoms with Gasteiger partial charge >= 0.3 is 6.18 Å². The van der Waals surface area contributed by atoms with Crippen molar-refractivity contribution < 1.29 is 27.3 Å². The Kier molecular flexibility index (Phi) is 5.13. The van der Waals surface area contributed by atoms with E-state index in [1.807, 2.05) is 0 Å². The number of non-ortho nitro benzene ring substituents is 1. The first kappa shape index (κ1) is 22.6. The highest BCUT2D eigenvalue weighted by atomic mass is 35.5. The van der Waals surface area contributed by atoms with E-state index in [0.717, 1.165) is 23.1 Å². The molecule has 0 saturated heterocycles. The number of carbonyl (C=O) groups is 1. The molecule has 5 rings (SSSR count). The number of fused-ring (bicyclic) bond motifs is 2. The van der Waals surface area contributed by atoms with Gasteiger partial charge in [0.2, 0.25) is 5.76 Å². The summed E-state index contributed by atoms with van der Waals surface area (Å²) in [5, 5.41) is 11.4. The molecule has 0 N–H and O–H groups in total. The van der Waals surface area contributed by atoms with Crippen LogP contribution < -0.4 is 10.3 Å². The van der Waals surface area contributed by atoms with E-state index in [2.05, 4.69) is 0 Å². The molecule has 1 atom stereocenters. The van der Waals surface area contributed by atoms with Crippen LogP contribution in [0.4, 0.5) is 24.5 Å². The van der Waals surface area contributed by atoms with Crippen molar-refractivity contribution in [2.45, 2.75) is 12.2 Å². The van der Waals surface area contributed by atoms with E-state index in [9.17, 15) is 32.9 Å². The zero-order valence-corrected chi connectivity index (χ0v) is 18.1. The maximum absolute atomic E-state index is 13.5.